The van der Waals surface area contributed by atoms with Gasteiger partial charge in [0.05, 0.1) is 11.5 Å². The maximum atomic E-state index is 11.3. The van der Waals surface area contributed by atoms with Crippen molar-refractivity contribution in [2.45, 2.75) is 52.9 Å². The highest BCUT2D eigenvalue weighted by molar-refractivity contribution is 7.91. The van der Waals surface area contributed by atoms with E-state index in [4.69, 9.17) is 0 Å². The Morgan fingerprint density at radius 2 is 1.73 bits per heavy atom. The SMILES string of the molecule is CCCCC(C)(C)C1CCS(=O)(=O)CC1. The van der Waals surface area contributed by atoms with E-state index in [-0.39, 0.29) is 0 Å². The smallest absolute Gasteiger partial charge is 0.150 e. The molecule has 0 bridgehead atoms. The fourth-order valence-corrected chi connectivity index (χ4v) is 4.00. The molecule has 1 saturated heterocycles. The summed E-state index contributed by atoms with van der Waals surface area (Å²) in [6.07, 6.45) is 5.47. The lowest BCUT2D eigenvalue weighted by molar-refractivity contribution is 0.175. The molecule has 1 aliphatic rings. The molecule has 90 valence electrons. The van der Waals surface area contributed by atoms with E-state index in [9.17, 15) is 8.42 Å². The van der Waals surface area contributed by atoms with Crippen molar-refractivity contribution in [2.24, 2.45) is 11.3 Å². The van der Waals surface area contributed by atoms with Gasteiger partial charge in [0.15, 0.2) is 0 Å². The van der Waals surface area contributed by atoms with Gasteiger partial charge < -0.3 is 0 Å². The van der Waals surface area contributed by atoms with Crippen LogP contribution in [0.3, 0.4) is 0 Å². The Labute approximate surface area is 94.4 Å². The van der Waals surface area contributed by atoms with Gasteiger partial charge in [-0.05, 0) is 30.6 Å². The molecule has 2 nitrogen and oxygen atoms in total. The van der Waals surface area contributed by atoms with Crippen molar-refractivity contribution in [3.05, 3.63) is 0 Å². The van der Waals surface area contributed by atoms with E-state index in [0.717, 1.165) is 12.8 Å². The van der Waals surface area contributed by atoms with Gasteiger partial charge in [0.25, 0.3) is 0 Å². The van der Waals surface area contributed by atoms with Crippen LogP contribution in [0, 0.1) is 11.3 Å². The van der Waals surface area contributed by atoms with Gasteiger partial charge in [-0.25, -0.2) is 8.42 Å². The first-order chi connectivity index (χ1) is 6.87. The average molecular weight is 232 g/mol. The number of sulfone groups is 1. The number of rotatable bonds is 4. The van der Waals surface area contributed by atoms with Crippen molar-refractivity contribution >= 4 is 9.84 Å². The predicted octanol–water partition coefficient (Wildman–Crippen LogP) is 3.03. The van der Waals surface area contributed by atoms with Crippen LogP contribution in [0.2, 0.25) is 0 Å². The number of hydrogen-bond acceptors (Lipinski definition) is 2. The summed E-state index contributed by atoms with van der Waals surface area (Å²) < 4.78 is 22.7. The highest BCUT2D eigenvalue weighted by Gasteiger charge is 2.33. The van der Waals surface area contributed by atoms with Crippen LogP contribution in [-0.4, -0.2) is 19.9 Å². The minimum atomic E-state index is -2.70. The predicted molar refractivity (Wildman–Crippen MR) is 64.7 cm³/mol. The molecule has 0 N–H and O–H groups in total. The molecule has 0 atom stereocenters. The minimum Gasteiger partial charge on any atom is -0.229 e. The van der Waals surface area contributed by atoms with E-state index < -0.39 is 9.84 Å². The van der Waals surface area contributed by atoms with Gasteiger partial charge in [-0.1, -0.05) is 33.6 Å². The molecule has 0 aromatic carbocycles. The summed E-state index contributed by atoms with van der Waals surface area (Å²) in [7, 11) is -2.70. The van der Waals surface area contributed by atoms with Gasteiger partial charge >= 0.3 is 0 Å². The van der Waals surface area contributed by atoms with E-state index in [1.165, 1.54) is 19.3 Å². The third-order valence-corrected chi connectivity index (χ3v) is 5.55. The molecule has 0 aliphatic carbocycles. The van der Waals surface area contributed by atoms with Crippen molar-refractivity contribution < 1.29 is 8.42 Å². The van der Waals surface area contributed by atoms with Crippen molar-refractivity contribution in [2.75, 3.05) is 11.5 Å². The Kier molecular flexibility index (Phi) is 4.21. The molecule has 0 saturated carbocycles. The third-order valence-electron chi connectivity index (χ3n) is 3.83. The van der Waals surface area contributed by atoms with Crippen LogP contribution < -0.4 is 0 Å². The monoisotopic (exact) mass is 232 g/mol. The fraction of sp³-hybridized carbons (Fsp3) is 1.00. The molecule has 1 heterocycles. The molecule has 1 fully saturated rings. The Morgan fingerprint density at radius 1 is 1.20 bits per heavy atom. The second-order valence-electron chi connectivity index (χ2n) is 5.52. The summed E-state index contributed by atoms with van der Waals surface area (Å²) in [4.78, 5) is 0. The maximum Gasteiger partial charge on any atom is 0.150 e. The maximum absolute atomic E-state index is 11.3. The largest absolute Gasteiger partial charge is 0.229 e. The van der Waals surface area contributed by atoms with Gasteiger partial charge in [0.2, 0.25) is 0 Å². The molecular formula is C12H24O2S. The summed E-state index contributed by atoms with van der Waals surface area (Å²) in [5.74, 6) is 1.42. The summed E-state index contributed by atoms with van der Waals surface area (Å²) in [6, 6.07) is 0. The molecule has 0 amide bonds. The molecule has 15 heavy (non-hydrogen) atoms. The van der Waals surface area contributed by atoms with Crippen LogP contribution in [0.5, 0.6) is 0 Å². The standard InChI is InChI=1S/C12H24O2S/c1-4-5-8-12(2,3)11-6-9-15(13,14)10-7-11/h11H,4-10H2,1-3H3. The summed E-state index contributed by atoms with van der Waals surface area (Å²) in [5, 5.41) is 0. The molecule has 0 radical (unpaired) electrons. The topological polar surface area (TPSA) is 34.1 Å². The van der Waals surface area contributed by atoms with Gasteiger partial charge in [0, 0.05) is 0 Å². The third kappa shape index (κ3) is 3.78. The Bertz CT molecular complexity index is 277. The van der Waals surface area contributed by atoms with E-state index in [1.807, 2.05) is 0 Å². The quantitative estimate of drug-likeness (QED) is 0.746. The zero-order valence-electron chi connectivity index (χ0n) is 10.3. The molecule has 1 aliphatic heterocycles. The molecule has 0 spiro atoms. The summed E-state index contributed by atoms with van der Waals surface area (Å²) >= 11 is 0. The molecule has 3 heteroatoms. The molecule has 0 aromatic heterocycles. The van der Waals surface area contributed by atoms with Crippen LogP contribution in [-0.2, 0) is 9.84 Å². The molecule has 0 unspecified atom stereocenters. The first-order valence-corrected chi connectivity index (χ1v) is 7.90. The van der Waals surface area contributed by atoms with Gasteiger partial charge in [0.1, 0.15) is 9.84 Å². The Morgan fingerprint density at radius 3 is 2.20 bits per heavy atom. The van der Waals surface area contributed by atoms with E-state index in [0.29, 0.717) is 22.8 Å². The highest BCUT2D eigenvalue weighted by atomic mass is 32.2. The normalized spacial score (nSPS) is 22.9. The lowest BCUT2D eigenvalue weighted by Crippen LogP contribution is -2.33. The average Bonchev–Trinajstić information content (AvgIpc) is 2.14. The first kappa shape index (κ1) is 13.0. The van der Waals surface area contributed by atoms with Crippen LogP contribution >= 0.6 is 0 Å². The van der Waals surface area contributed by atoms with Gasteiger partial charge in [-0.2, -0.15) is 0 Å². The van der Waals surface area contributed by atoms with Crippen LogP contribution in [0.1, 0.15) is 52.9 Å². The van der Waals surface area contributed by atoms with Crippen molar-refractivity contribution in [3.63, 3.8) is 0 Å². The minimum absolute atomic E-state index is 0.325. The second kappa shape index (κ2) is 4.86. The molecule has 0 aromatic rings. The summed E-state index contributed by atoms with van der Waals surface area (Å²) in [5.41, 5.74) is 0.325. The first-order valence-electron chi connectivity index (χ1n) is 6.08. The molecule has 1 rings (SSSR count). The van der Waals surface area contributed by atoms with E-state index >= 15 is 0 Å². The molecular weight excluding hydrogens is 208 g/mol. The van der Waals surface area contributed by atoms with E-state index in [1.54, 1.807) is 0 Å². The van der Waals surface area contributed by atoms with Crippen molar-refractivity contribution in [1.29, 1.82) is 0 Å². The zero-order chi connectivity index (χ0) is 11.5. The Hall–Kier alpha value is -0.0500. The van der Waals surface area contributed by atoms with E-state index in [2.05, 4.69) is 20.8 Å². The fourth-order valence-electron chi connectivity index (χ4n) is 2.51. The van der Waals surface area contributed by atoms with Gasteiger partial charge in [-0.15, -0.1) is 0 Å². The van der Waals surface area contributed by atoms with Gasteiger partial charge in [-0.3, -0.25) is 0 Å². The number of hydrogen-bond donors (Lipinski definition) is 0. The van der Waals surface area contributed by atoms with Crippen molar-refractivity contribution in [1.82, 2.24) is 0 Å². The van der Waals surface area contributed by atoms with Crippen LogP contribution in [0.15, 0.2) is 0 Å². The Balaban J connectivity index is 2.51. The lowest BCUT2D eigenvalue weighted by Gasteiger charge is -2.37. The van der Waals surface area contributed by atoms with Crippen LogP contribution in [0.25, 0.3) is 0 Å². The van der Waals surface area contributed by atoms with Crippen molar-refractivity contribution in [3.8, 4) is 0 Å². The zero-order valence-corrected chi connectivity index (χ0v) is 11.1. The van der Waals surface area contributed by atoms with Crippen LogP contribution in [0.4, 0.5) is 0 Å². The summed E-state index contributed by atoms with van der Waals surface area (Å²) in [6.45, 7) is 6.80. The second-order valence-corrected chi connectivity index (χ2v) is 7.82. The number of unbranched alkanes of at least 4 members (excludes halogenated alkanes) is 1. The lowest BCUT2D eigenvalue weighted by atomic mass is 9.72. The highest BCUT2D eigenvalue weighted by Crippen LogP contribution is 2.39.